The van der Waals surface area contributed by atoms with Gasteiger partial charge in [0.15, 0.2) is 0 Å². The molecule has 0 aromatic heterocycles. The maximum atomic E-state index is 10.4. The normalized spacial score (nSPS) is 10.9. The number of nitrogens with zero attached hydrogens (tertiary/aromatic N) is 1. The molecule has 3 nitrogen and oxygen atoms in total. The monoisotopic (exact) mass is 263 g/mol. The van der Waals surface area contributed by atoms with Gasteiger partial charge in [0.05, 0.1) is 0 Å². The number of carboxylic acids is 1. The lowest BCUT2D eigenvalue weighted by atomic mass is 10.1. The van der Waals surface area contributed by atoms with E-state index in [0.29, 0.717) is 0 Å². The molecule has 3 heteroatoms. The minimum atomic E-state index is -0.696. The van der Waals surface area contributed by atoms with Gasteiger partial charge in [-0.3, -0.25) is 4.79 Å². The molecule has 1 aromatic rings. The molecule has 1 aromatic carbocycles. The van der Waals surface area contributed by atoms with E-state index in [-0.39, 0.29) is 6.42 Å². The van der Waals surface area contributed by atoms with Crippen molar-refractivity contribution < 1.29 is 9.90 Å². The van der Waals surface area contributed by atoms with Gasteiger partial charge in [-0.15, -0.1) is 0 Å². The third kappa shape index (κ3) is 6.97. The molecular formula is C16H25NO2. The summed E-state index contributed by atoms with van der Waals surface area (Å²) in [6, 6.07) is 8.80. The highest BCUT2D eigenvalue weighted by atomic mass is 16.4. The summed E-state index contributed by atoms with van der Waals surface area (Å²) in [7, 11) is 2.10. The number of carboxylic acid groups (broad SMARTS) is 1. The Morgan fingerprint density at radius 1 is 1.11 bits per heavy atom. The highest BCUT2D eigenvalue weighted by Gasteiger charge is 2.01. The third-order valence-corrected chi connectivity index (χ3v) is 3.39. The summed E-state index contributed by atoms with van der Waals surface area (Å²) in [6.07, 6.45) is 4.15. The SMILES string of the molecule is CCc1ccc(CCN(C)CCCCC(=O)O)cc1. The summed E-state index contributed by atoms with van der Waals surface area (Å²) >= 11 is 0. The zero-order chi connectivity index (χ0) is 14.1. The number of hydrogen-bond donors (Lipinski definition) is 1. The zero-order valence-electron chi connectivity index (χ0n) is 12.1. The van der Waals surface area contributed by atoms with E-state index in [1.165, 1.54) is 11.1 Å². The minimum absolute atomic E-state index is 0.284. The van der Waals surface area contributed by atoms with Crippen LogP contribution in [0.25, 0.3) is 0 Å². The number of benzene rings is 1. The van der Waals surface area contributed by atoms with Crippen molar-refractivity contribution in [1.82, 2.24) is 4.90 Å². The van der Waals surface area contributed by atoms with Crippen LogP contribution in [0.15, 0.2) is 24.3 Å². The van der Waals surface area contributed by atoms with E-state index in [0.717, 1.165) is 38.8 Å². The molecule has 0 fully saturated rings. The molecule has 0 saturated heterocycles. The first-order valence-electron chi connectivity index (χ1n) is 7.10. The molecule has 0 atom stereocenters. The molecule has 19 heavy (non-hydrogen) atoms. The van der Waals surface area contributed by atoms with Crippen molar-refractivity contribution in [1.29, 1.82) is 0 Å². The first kappa shape index (κ1) is 15.7. The van der Waals surface area contributed by atoms with Crippen LogP contribution in [0.3, 0.4) is 0 Å². The van der Waals surface area contributed by atoms with Crippen LogP contribution in [0, 0.1) is 0 Å². The van der Waals surface area contributed by atoms with Gasteiger partial charge < -0.3 is 10.0 Å². The van der Waals surface area contributed by atoms with Crippen molar-refractivity contribution in [2.24, 2.45) is 0 Å². The van der Waals surface area contributed by atoms with Crippen molar-refractivity contribution in [3.8, 4) is 0 Å². The van der Waals surface area contributed by atoms with Gasteiger partial charge in [-0.25, -0.2) is 0 Å². The average Bonchev–Trinajstić information content (AvgIpc) is 2.41. The van der Waals surface area contributed by atoms with Gasteiger partial charge >= 0.3 is 5.97 Å². The number of likely N-dealkylation sites (N-methyl/N-ethyl adjacent to an activating group) is 1. The van der Waals surface area contributed by atoms with Crippen molar-refractivity contribution in [2.45, 2.75) is 39.0 Å². The quantitative estimate of drug-likeness (QED) is 0.696. The summed E-state index contributed by atoms with van der Waals surface area (Å²) in [5.74, 6) is -0.696. The van der Waals surface area contributed by atoms with Crippen molar-refractivity contribution >= 4 is 5.97 Å². The number of rotatable bonds is 9. The van der Waals surface area contributed by atoms with E-state index < -0.39 is 5.97 Å². The van der Waals surface area contributed by atoms with Crippen LogP contribution < -0.4 is 0 Å². The lowest BCUT2D eigenvalue weighted by Gasteiger charge is -2.16. The van der Waals surface area contributed by atoms with Crippen LogP contribution in [0.5, 0.6) is 0 Å². The molecule has 0 amide bonds. The summed E-state index contributed by atoms with van der Waals surface area (Å²) < 4.78 is 0. The van der Waals surface area contributed by atoms with Crippen molar-refractivity contribution in [2.75, 3.05) is 20.1 Å². The molecule has 0 bridgehead atoms. The van der Waals surface area contributed by atoms with Gasteiger partial charge in [0, 0.05) is 13.0 Å². The van der Waals surface area contributed by atoms with Gasteiger partial charge in [-0.2, -0.15) is 0 Å². The van der Waals surface area contributed by atoms with Crippen LogP contribution in [-0.4, -0.2) is 36.1 Å². The largest absolute Gasteiger partial charge is 0.481 e. The topological polar surface area (TPSA) is 40.5 Å². The Hall–Kier alpha value is -1.35. The van der Waals surface area contributed by atoms with Crippen LogP contribution in [0.4, 0.5) is 0 Å². The smallest absolute Gasteiger partial charge is 0.303 e. The molecule has 0 spiro atoms. The van der Waals surface area contributed by atoms with Gasteiger partial charge in [-0.05, 0) is 50.4 Å². The molecule has 0 aliphatic carbocycles. The molecule has 0 aliphatic rings. The first-order valence-corrected chi connectivity index (χ1v) is 7.10. The number of hydrogen-bond acceptors (Lipinski definition) is 2. The van der Waals surface area contributed by atoms with E-state index in [1.54, 1.807) is 0 Å². The summed E-state index contributed by atoms with van der Waals surface area (Å²) in [4.78, 5) is 12.7. The van der Waals surface area contributed by atoms with Crippen molar-refractivity contribution in [3.05, 3.63) is 35.4 Å². The van der Waals surface area contributed by atoms with Gasteiger partial charge in [-0.1, -0.05) is 31.2 Å². The molecule has 1 rings (SSSR count). The summed E-state index contributed by atoms with van der Waals surface area (Å²) in [6.45, 7) is 4.17. The lowest BCUT2D eigenvalue weighted by Crippen LogP contribution is -2.22. The third-order valence-electron chi connectivity index (χ3n) is 3.39. The number of carbonyl (C=O) groups is 1. The molecule has 106 valence electrons. The average molecular weight is 263 g/mol. The lowest BCUT2D eigenvalue weighted by molar-refractivity contribution is -0.137. The second-order valence-corrected chi connectivity index (χ2v) is 5.07. The Morgan fingerprint density at radius 3 is 2.32 bits per heavy atom. The van der Waals surface area contributed by atoms with Gasteiger partial charge in [0.25, 0.3) is 0 Å². The molecule has 0 heterocycles. The Morgan fingerprint density at radius 2 is 1.74 bits per heavy atom. The van der Waals surface area contributed by atoms with Crippen LogP contribution >= 0.6 is 0 Å². The first-order chi connectivity index (χ1) is 9.11. The molecule has 1 N–H and O–H groups in total. The van der Waals surface area contributed by atoms with Crippen LogP contribution in [-0.2, 0) is 17.6 Å². The number of aryl methyl sites for hydroxylation is 1. The highest BCUT2D eigenvalue weighted by molar-refractivity contribution is 5.66. The van der Waals surface area contributed by atoms with E-state index >= 15 is 0 Å². The van der Waals surface area contributed by atoms with E-state index in [4.69, 9.17) is 5.11 Å². The molecular weight excluding hydrogens is 238 g/mol. The van der Waals surface area contributed by atoms with Crippen LogP contribution in [0.1, 0.15) is 37.3 Å². The predicted octanol–water partition coefficient (Wildman–Crippen LogP) is 2.98. The van der Waals surface area contributed by atoms with Gasteiger partial charge in [0.1, 0.15) is 0 Å². The van der Waals surface area contributed by atoms with E-state index in [1.807, 2.05) is 0 Å². The highest BCUT2D eigenvalue weighted by Crippen LogP contribution is 2.06. The van der Waals surface area contributed by atoms with Gasteiger partial charge in [0.2, 0.25) is 0 Å². The predicted molar refractivity (Wildman–Crippen MR) is 78.5 cm³/mol. The summed E-state index contributed by atoms with van der Waals surface area (Å²) in [5.41, 5.74) is 2.75. The second kappa shape index (κ2) is 8.70. The fraction of sp³-hybridized carbons (Fsp3) is 0.562. The Balaban J connectivity index is 2.18. The van der Waals surface area contributed by atoms with E-state index in [9.17, 15) is 4.79 Å². The van der Waals surface area contributed by atoms with Crippen molar-refractivity contribution in [3.63, 3.8) is 0 Å². The molecule has 0 saturated carbocycles. The number of aliphatic carboxylic acids is 1. The fourth-order valence-corrected chi connectivity index (χ4v) is 2.03. The zero-order valence-corrected chi connectivity index (χ0v) is 12.1. The molecule has 0 aliphatic heterocycles. The standard InChI is InChI=1S/C16H25NO2/c1-3-14-7-9-15(10-8-14)11-13-17(2)12-5-4-6-16(18)19/h7-10H,3-6,11-13H2,1-2H3,(H,18,19). The maximum absolute atomic E-state index is 10.4. The Kier molecular flexibility index (Phi) is 7.19. The molecule has 0 radical (unpaired) electrons. The summed E-state index contributed by atoms with van der Waals surface area (Å²) in [5, 5.41) is 8.56. The fourth-order valence-electron chi connectivity index (χ4n) is 2.03. The van der Waals surface area contributed by atoms with E-state index in [2.05, 4.69) is 43.1 Å². The van der Waals surface area contributed by atoms with Crippen LogP contribution in [0.2, 0.25) is 0 Å². The Bertz CT molecular complexity index is 373. The Labute approximate surface area is 116 Å². The maximum Gasteiger partial charge on any atom is 0.303 e. The second-order valence-electron chi connectivity index (χ2n) is 5.07. The number of unbranched alkanes of at least 4 members (excludes halogenated alkanes) is 1. The minimum Gasteiger partial charge on any atom is -0.481 e. The molecule has 0 unspecified atom stereocenters.